The van der Waals surface area contributed by atoms with Gasteiger partial charge in [-0.2, -0.15) is 4.98 Å². The van der Waals surface area contributed by atoms with Gasteiger partial charge in [0.15, 0.2) is 5.82 Å². The first kappa shape index (κ1) is 29.7. The lowest BCUT2D eigenvalue weighted by molar-refractivity contribution is 0.0690. The van der Waals surface area contributed by atoms with Gasteiger partial charge in [0.2, 0.25) is 6.39 Å². The second-order valence-electron chi connectivity index (χ2n) is 9.12. The molecular weight excluding hydrogens is 499 g/mol. The maximum atomic E-state index is 10.8. The van der Waals surface area contributed by atoms with Crippen molar-refractivity contribution < 1.29 is 14.4 Å². The zero-order valence-corrected chi connectivity index (χ0v) is 22.8. The summed E-state index contributed by atoms with van der Waals surface area (Å²) in [5.41, 5.74) is 0.845. The minimum absolute atomic E-state index is 0.0515. The number of unbranched alkanes of at least 4 members (excludes halogenated alkanes) is 7. The van der Waals surface area contributed by atoms with Crippen LogP contribution in [0.25, 0.3) is 11.3 Å². The van der Waals surface area contributed by atoms with Gasteiger partial charge in [-0.3, -0.25) is 0 Å². The van der Waals surface area contributed by atoms with E-state index < -0.39 is 5.97 Å². The number of aromatic carboxylic acids is 1. The van der Waals surface area contributed by atoms with E-state index in [9.17, 15) is 4.79 Å². The van der Waals surface area contributed by atoms with Gasteiger partial charge in [-0.1, -0.05) is 92.4 Å². The summed E-state index contributed by atoms with van der Waals surface area (Å²) in [4.78, 5) is 18.9. The van der Waals surface area contributed by atoms with Gasteiger partial charge in [0.05, 0.1) is 16.3 Å². The van der Waals surface area contributed by atoms with Crippen molar-refractivity contribution in [2.45, 2.75) is 77.7 Å². The van der Waals surface area contributed by atoms with Crippen LogP contribution in [0.4, 0.5) is 0 Å². The van der Waals surface area contributed by atoms with Crippen LogP contribution in [-0.2, 0) is 5.54 Å². The molecule has 2 heterocycles. The average Bonchev–Trinajstić information content (AvgIpc) is 3.40. The molecule has 3 aromatic rings. The van der Waals surface area contributed by atoms with Crippen LogP contribution in [0.3, 0.4) is 0 Å². The number of halogens is 2. The van der Waals surface area contributed by atoms with Gasteiger partial charge in [-0.05, 0) is 51.1 Å². The Morgan fingerprint density at radius 2 is 1.72 bits per heavy atom. The Bertz CT molecular complexity index is 1060. The average molecular weight is 536 g/mol. The number of aromatic nitrogens is 3. The van der Waals surface area contributed by atoms with Crippen LogP contribution in [0.15, 0.2) is 47.3 Å². The molecule has 0 atom stereocenters. The number of carboxylic acid groups (broad SMARTS) is 1. The van der Waals surface area contributed by atoms with E-state index in [4.69, 9.17) is 32.8 Å². The van der Waals surface area contributed by atoms with Crippen LogP contribution < -0.4 is 5.32 Å². The van der Waals surface area contributed by atoms with Crippen molar-refractivity contribution in [3.63, 3.8) is 0 Å². The third-order valence-corrected chi connectivity index (χ3v) is 6.22. The molecule has 36 heavy (non-hydrogen) atoms. The molecule has 0 aliphatic carbocycles. The molecule has 0 amide bonds. The Morgan fingerprint density at radius 1 is 1.03 bits per heavy atom. The van der Waals surface area contributed by atoms with Crippen LogP contribution in [0.2, 0.25) is 10.0 Å². The highest BCUT2D eigenvalue weighted by molar-refractivity contribution is 6.33. The number of pyridine rings is 1. The van der Waals surface area contributed by atoms with Gasteiger partial charge in [-0.25, -0.2) is 9.78 Å². The van der Waals surface area contributed by atoms with Gasteiger partial charge >= 0.3 is 5.97 Å². The fourth-order valence-electron chi connectivity index (χ4n) is 3.58. The number of nitrogens with zero attached hydrogens (tertiary/aromatic N) is 3. The van der Waals surface area contributed by atoms with Crippen molar-refractivity contribution in [3.8, 4) is 11.3 Å². The quantitative estimate of drug-likeness (QED) is 0.215. The van der Waals surface area contributed by atoms with Crippen LogP contribution in [-0.4, -0.2) is 32.7 Å². The zero-order valence-electron chi connectivity index (χ0n) is 21.3. The Labute approximate surface area is 223 Å². The van der Waals surface area contributed by atoms with Crippen molar-refractivity contribution in [3.05, 3.63) is 64.4 Å². The molecule has 0 unspecified atom stereocenters. The van der Waals surface area contributed by atoms with E-state index in [1.807, 2.05) is 0 Å². The molecule has 7 nitrogen and oxygen atoms in total. The fraction of sp³-hybridized carbons (Fsp3) is 0.481. The predicted molar refractivity (Wildman–Crippen MR) is 145 cm³/mol. The van der Waals surface area contributed by atoms with Gasteiger partial charge in [0, 0.05) is 10.6 Å². The van der Waals surface area contributed by atoms with Crippen LogP contribution in [0, 0.1) is 0 Å². The van der Waals surface area contributed by atoms with E-state index >= 15 is 0 Å². The second-order valence-corrected chi connectivity index (χ2v) is 9.97. The molecule has 0 saturated heterocycles. The normalized spacial score (nSPS) is 11.1. The Kier molecular flexibility index (Phi) is 12.9. The predicted octanol–water partition coefficient (Wildman–Crippen LogP) is 7.79. The van der Waals surface area contributed by atoms with Gasteiger partial charge in [-0.15, -0.1) is 0 Å². The van der Waals surface area contributed by atoms with Crippen LogP contribution in [0.5, 0.6) is 0 Å². The van der Waals surface area contributed by atoms with Gasteiger partial charge in [0.25, 0.3) is 0 Å². The summed E-state index contributed by atoms with van der Waals surface area (Å²) >= 11 is 11.9. The Hall–Kier alpha value is -2.48. The van der Waals surface area contributed by atoms with E-state index in [1.54, 1.807) is 24.3 Å². The summed E-state index contributed by atoms with van der Waals surface area (Å²) in [6, 6.07) is 9.79. The second kappa shape index (κ2) is 15.6. The summed E-state index contributed by atoms with van der Waals surface area (Å²) in [6.07, 6.45) is 12.2. The minimum atomic E-state index is -1.09. The van der Waals surface area contributed by atoms with Gasteiger partial charge in [0.1, 0.15) is 5.69 Å². The summed E-state index contributed by atoms with van der Waals surface area (Å²) in [5.74, 6) is -0.364. The Morgan fingerprint density at radius 3 is 2.33 bits per heavy atom. The first-order valence-electron chi connectivity index (χ1n) is 12.4. The molecule has 0 saturated carbocycles. The van der Waals surface area contributed by atoms with Crippen molar-refractivity contribution >= 4 is 29.2 Å². The van der Waals surface area contributed by atoms with E-state index in [1.165, 1.54) is 69.9 Å². The molecule has 0 spiro atoms. The molecule has 0 fully saturated rings. The van der Waals surface area contributed by atoms with Crippen molar-refractivity contribution in [1.29, 1.82) is 0 Å². The van der Waals surface area contributed by atoms with E-state index in [2.05, 4.69) is 41.2 Å². The van der Waals surface area contributed by atoms with Gasteiger partial charge < -0.3 is 14.9 Å². The number of hydrogen-bond acceptors (Lipinski definition) is 6. The summed E-state index contributed by atoms with van der Waals surface area (Å²) in [5, 5.41) is 17.2. The highest BCUT2D eigenvalue weighted by Gasteiger charge is 2.24. The number of benzene rings is 1. The molecule has 9 heteroatoms. The Balaban J connectivity index is 0.000000255. The highest BCUT2D eigenvalue weighted by atomic mass is 35.5. The molecule has 0 aliphatic heterocycles. The largest absolute Gasteiger partial charge is 0.477 e. The van der Waals surface area contributed by atoms with Crippen molar-refractivity contribution in [2.24, 2.45) is 0 Å². The summed E-state index contributed by atoms with van der Waals surface area (Å²) < 4.78 is 4.79. The zero-order chi connectivity index (χ0) is 26.4. The van der Waals surface area contributed by atoms with Crippen molar-refractivity contribution in [2.75, 3.05) is 6.54 Å². The SMILES string of the molecule is CCCCCCCCCCNC(C)(C)c1ncon1.O=C(O)c1ccc(Cl)c(-c2cccc(Cl)c2)n1. The van der Waals surface area contributed by atoms with Crippen LogP contribution in [0.1, 0.15) is 88.5 Å². The number of hydrogen-bond donors (Lipinski definition) is 2. The molecule has 196 valence electrons. The highest BCUT2D eigenvalue weighted by Crippen LogP contribution is 2.28. The number of carbonyl (C=O) groups is 1. The molecule has 2 aromatic heterocycles. The summed E-state index contributed by atoms with van der Waals surface area (Å²) in [6.45, 7) is 7.44. The lowest BCUT2D eigenvalue weighted by atomic mass is 10.0. The molecule has 3 rings (SSSR count). The first-order valence-corrected chi connectivity index (χ1v) is 13.2. The van der Waals surface area contributed by atoms with E-state index in [0.717, 1.165) is 12.4 Å². The standard InChI is InChI=1S/C15H29N3O.C12H7Cl2NO2/c1-4-5-6-7-8-9-10-11-12-17-15(2,3)14-16-13-19-18-14;13-8-3-1-2-7(6-8)11-9(14)4-5-10(15-11)12(16)17/h13,17H,4-12H2,1-3H3;1-6H,(H,16,17). The van der Waals surface area contributed by atoms with Crippen LogP contribution >= 0.6 is 23.2 Å². The van der Waals surface area contributed by atoms with E-state index in [0.29, 0.717) is 21.3 Å². The third-order valence-electron chi connectivity index (χ3n) is 5.68. The molecule has 1 aromatic carbocycles. The smallest absolute Gasteiger partial charge is 0.354 e. The third kappa shape index (κ3) is 10.2. The number of rotatable bonds is 13. The molecule has 2 N–H and O–H groups in total. The summed E-state index contributed by atoms with van der Waals surface area (Å²) in [7, 11) is 0. The molecule has 0 radical (unpaired) electrons. The maximum absolute atomic E-state index is 10.8. The minimum Gasteiger partial charge on any atom is -0.477 e. The maximum Gasteiger partial charge on any atom is 0.354 e. The lowest BCUT2D eigenvalue weighted by Crippen LogP contribution is -2.38. The molecule has 0 bridgehead atoms. The number of nitrogens with one attached hydrogen (secondary N) is 1. The lowest BCUT2D eigenvalue weighted by Gasteiger charge is -2.22. The van der Waals surface area contributed by atoms with E-state index in [-0.39, 0.29) is 11.2 Å². The molecule has 0 aliphatic rings. The molecular formula is C27H36Cl2N4O3. The number of carboxylic acids is 1. The first-order chi connectivity index (χ1) is 17.2. The monoisotopic (exact) mass is 534 g/mol. The topological polar surface area (TPSA) is 101 Å². The fourth-order valence-corrected chi connectivity index (χ4v) is 3.99. The van der Waals surface area contributed by atoms with Crippen molar-refractivity contribution in [1.82, 2.24) is 20.4 Å².